The molecule has 0 aromatic heterocycles. The molecule has 234 valence electrons. The predicted molar refractivity (Wildman–Crippen MR) is 160 cm³/mol. The molecule has 14 atom stereocenters. The molecule has 5 nitrogen and oxygen atoms in total. The number of hydrogen-bond acceptors (Lipinski definition) is 5. The highest BCUT2D eigenvalue weighted by molar-refractivity contribution is 5.21. The molecule has 7 rings (SSSR count). The summed E-state index contributed by atoms with van der Waals surface area (Å²) in [6.45, 7) is 20.9. The molecule has 0 amide bonds. The summed E-state index contributed by atoms with van der Waals surface area (Å²) < 4.78 is 19.5. The van der Waals surface area contributed by atoms with Gasteiger partial charge in [0.2, 0.25) is 0 Å². The number of aliphatic hydroxyl groups excluding tert-OH is 2. The van der Waals surface area contributed by atoms with Crippen LogP contribution in [0, 0.1) is 56.2 Å². The summed E-state index contributed by atoms with van der Waals surface area (Å²) in [7, 11) is 0. The monoisotopic (exact) mass is 572 g/mol. The molecule has 2 unspecified atom stereocenters. The van der Waals surface area contributed by atoms with E-state index in [4.69, 9.17) is 14.2 Å². The van der Waals surface area contributed by atoms with Crippen LogP contribution in [0.15, 0.2) is 0 Å². The molecule has 0 spiro atoms. The second kappa shape index (κ2) is 9.18. The first-order chi connectivity index (χ1) is 19.1. The summed E-state index contributed by atoms with van der Waals surface area (Å²) in [5, 5.41) is 20.6. The van der Waals surface area contributed by atoms with Gasteiger partial charge < -0.3 is 24.4 Å². The highest BCUT2D eigenvalue weighted by Crippen LogP contribution is 2.78. The molecule has 0 aromatic rings. The number of rotatable bonds is 2. The van der Waals surface area contributed by atoms with Crippen molar-refractivity contribution in [3.8, 4) is 0 Å². The third-order valence-corrected chi connectivity index (χ3v) is 16.1. The summed E-state index contributed by atoms with van der Waals surface area (Å²) in [6, 6.07) is 0. The van der Waals surface area contributed by atoms with Crippen molar-refractivity contribution in [1.82, 2.24) is 0 Å². The van der Waals surface area contributed by atoms with Crippen molar-refractivity contribution in [3.05, 3.63) is 0 Å². The van der Waals surface area contributed by atoms with Crippen molar-refractivity contribution < 1.29 is 24.4 Å². The Bertz CT molecular complexity index is 1030. The van der Waals surface area contributed by atoms with Gasteiger partial charge in [0, 0.05) is 6.42 Å². The first kappa shape index (κ1) is 29.5. The maximum Gasteiger partial charge on any atom is 0.161 e. The van der Waals surface area contributed by atoms with Crippen LogP contribution in [0.4, 0.5) is 0 Å². The minimum atomic E-state index is -0.832. The molecule has 5 aliphatic carbocycles. The van der Waals surface area contributed by atoms with Gasteiger partial charge >= 0.3 is 0 Å². The zero-order chi connectivity index (χ0) is 29.4. The van der Waals surface area contributed by atoms with Gasteiger partial charge in [0.15, 0.2) is 6.29 Å². The first-order valence-electron chi connectivity index (χ1n) is 17.4. The van der Waals surface area contributed by atoms with E-state index in [1.54, 1.807) is 0 Å². The second-order valence-corrected chi connectivity index (χ2v) is 18.3. The maximum absolute atomic E-state index is 10.4. The van der Waals surface area contributed by atoms with E-state index in [0.29, 0.717) is 45.5 Å². The lowest BCUT2D eigenvalue weighted by Crippen LogP contribution is -2.68. The predicted octanol–water partition coefficient (Wildman–Crippen LogP) is 7.12. The number of hydrogen-bond donors (Lipinski definition) is 2. The Balaban J connectivity index is 1.14. The van der Waals surface area contributed by atoms with Gasteiger partial charge in [0.1, 0.15) is 6.10 Å². The second-order valence-electron chi connectivity index (χ2n) is 18.3. The lowest BCUT2D eigenvalue weighted by Gasteiger charge is -2.73. The Morgan fingerprint density at radius 2 is 1.49 bits per heavy atom. The summed E-state index contributed by atoms with van der Waals surface area (Å²) in [4.78, 5) is 0. The standard InChI is InChI=1S/C36H60O5/c1-21-29(38)23(37)19-27(40-21)41-26-12-13-33(6)24(32(26,4)5)11-14-35(8)25(33)10-9-22-28-30-31(2,3)15-17-36(28,20-39-30)18-16-34(22,35)7/h21-30,37-38H,9-20H2,1-8H3/t21?,22-,23-,24+,25-,26+,27?,28+,29+,30-,33+,34-,35-,36-/m1/s1. The Hall–Kier alpha value is -0.200. The Morgan fingerprint density at radius 3 is 2.22 bits per heavy atom. The SMILES string of the molecule is CC1OC(O[C@H]2CC[C@]3(C)[C@H]4CC[C@@H]5[C@H]6[C@H]7OC[C@@]6(CCC7(C)C)CC[C@@]5(C)[C@]4(C)CC[C@H]3C2(C)C)C[C@@H](O)[C@H]1O. The van der Waals surface area contributed by atoms with Crippen molar-refractivity contribution >= 4 is 0 Å². The average Bonchev–Trinajstić information content (AvgIpc) is 3.23. The van der Waals surface area contributed by atoms with Crippen molar-refractivity contribution in [2.75, 3.05) is 6.61 Å². The van der Waals surface area contributed by atoms with Crippen molar-refractivity contribution in [1.29, 1.82) is 0 Å². The lowest BCUT2D eigenvalue weighted by atomic mass is 9.31. The molecule has 7 fully saturated rings. The Morgan fingerprint density at radius 1 is 0.756 bits per heavy atom. The van der Waals surface area contributed by atoms with Crippen LogP contribution >= 0.6 is 0 Å². The molecule has 7 aliphatic rings. The van der Waals surface area contributed by atoms with Gasteiger partial charge in [0.25, 0.3) is 0 Å². The maximum atomic E-state index is 10.4. The molecular formula is C36H60O5. The van der Waals surface area contributed by atoms with Gasteiger partial charge in [-0.2, -0.15) is 0 Å². The third-order valence-electron chi connectivity index (χ3n) is 16.1. The fourth-order valence-corrected chi connectivity index (χ4v) is 13.5. The molecule has 5 heteroatoms. The van der Waals surface area contributed by atoms with E-state index in [2.05, 4.69) is 48.5 Å². The van der Waals surface area contributed by atoms with E-state index in [0.717, 1.165) is 30.8 Å². The number of aliphatic hydroxyl groups is 2. The van der Waals surface area contributed by atoms with Crippen LogP contribution in [-0.2, 0) is 14.2 Å². The summed E-state index contributed by atoms with van der Waals surface area (Å²) in [5.74, 6) is 2.92. The topological polar surface area (TPSA) is 68.2 Å². The van der Waals surface area contributed by atoms with Crippen LogP contribution in [0.2, 0.25) is 0 Å². The van der Waals surface area contributed by atoms with Gasteiger partial charge in [-0.05, 0) is 127 Å². The van der Waals surface area contributed by atoms with Crippen molar-refractivity contribution in [3.63, 3.8) is 0 Å². The van der Waals surface area contributed by atoms with Crippen LogP contribution in [0.25, 0.3) is 0 Å². The molecule has 41 heavy (non-hydrogen) atoms. The van der Waals surface area contributed by atoms with Gasteiger partial charge in [-0.3, -0.25) is 0 Å². The molecule has 2 bridgehead atoms. The summed E-state index contributed by atoms with van der Waals surface area (Å²) in [5.41, 5.74) is 1.87. The molecule has 5 saturated carbocycles. The largest absolute Gasteiger partial charge is 0.390 e. The van der Waals surface area contributed by atoms with Crippen LogP contribution in [0.5, 0.6) is 0 Å². The molecular weight excluding hydrogens is 512 g/mol. The minimum Gasteiger partial charge on any atom is -0.390 e. The van der Waals surface area contributed by atoms with Crippen molar-refractivity contribution in [2.45, 2.75) is 163 Å². The van der Waals surface area contributed by atoms with Gasteiger partial charge in [0.05, 0.1) is 31.0 Å². The van der Waals surface area contributed by atoms with E-state index in [1.165, 1.54) is 57.8 Å². The zero-order valence-electron chi connectivity index (χ0n) is 27.4. The Labute approximate surface area is 249 Å². The van der Waals surface area contributed by atoms with Gasteiger partial charge in [-0.1, -0.05) is 48.5 Å². The lowest BCUT2D eigenvalue weighted by molar-refractivity contribution is -0.298. The smallest absolute Gasteiger partial charge is 0.161 e. The highest BCUT2D eigenvalue weighted by Gasteiger charge is 2.72. The Kier molecular flexibility index (Phi) is 6.61. The van der Waals surface area contributed by atoms with E-state index < -0.39 is 24.6 Å². The number of ether oxygens (including phenoxy) is 3. The summed E-state index contributed by atoms with van der Waals surface area (Å²) >= 11 is 0. The van der Waals surface area contributed by atoms with Crippen LogP contribution < -0.4 is 0 Å². The molecule has 0 aromatic carbocycles. The van der Waals surface area contributed by atoms with Crippen LogP contribution in [0.1, 0.15) is 126 Å². The van der Waals surface area contributed by atoms with Crippen LogP contribution in [-0.4, -0.2) is 53.6 Å². The van der Waals surface area contributed by atoms with E-state index in [9.17, 15) is 10.2 Å². The third kappa shape index (κ3) is 3.83. The molecule has 0 radical (unpaired) electrons. The first-order valence-corrected chi connectivity index (χ1v) is 17.4. The minimum absolute atomic E-state index is 0.0384. The number of fused-ring (bicyclic) bond motifs is 5. The highest BCUT2D eigenvalue weighted by atomic mass is 16.7. The molecule has 2 N–H and O–H groups in total. The van der Waals surface area contributed by atoms with Crippen LogP contribution in [0.3, 0.4) is 0 Å². The van der Waals surface area contributed by atoms with E-state index >= 15 is 0 Å². The average molecular weight is 573 g/mol. The van der Waals surface area contributed by atoms with E-state index in [1.807, 2.05) is 6.92 Å². The molecule has 2 heterocycles. The van der Waals surface area contributed by atoms with Gasteiger partial charge in [-0.15, -0.1) is 0 Å². The fraction of sp³-hybridized carbons (Fsp3) is 1.00. The quantitative estimate of drug-likeness (QED) is 0.345. The molecule has 2 aliphatic heterocycles. The summed E-state index contributed by atoms with van der Waals surface area (Å²) in [6.07, 6.45) is 11.6. The molecule has 2 saturated heterocycles. The van der Waals surface area contributed by atoms with Gasteiger partial charge in [-0.25, -0.2) is 0 Å². The van der Waals surface area contributed by atoms with E-state index in [-0.39, 0.29) is 11.5 Å². The van der Waals surface area contributed by atoms with Crippen molar-refractivity contribution in [2.24, 2.45) is 56.2 Å². The normalized spacial score (nSPS) is 59.0. The zero-order valence-corrected chi connectivity index (χ0v) is 27.4. The fourth-order valence-electron chi connectivity index (χ4n) is 13.5.